The van der Waals surface area contributed by atoms with Gasteiger partial charge in [0.05, 0.1) is 0 Å². The zero-order valence-corrected chi connectivity index (χ0v) is 7.96. The molecule has 1 nitrogen and oxygen atoms in total. The highest BCUT2D eigenvalue weighted by molar-refractivity contribution is 6.66. The summed E-state index contributed by atoms with van der Waals surface area (Å²) in [6.45, 7) is 0. The molecule has 0 heterocycles. The van der Waals surface area contributed by atoms with Crippen LogP contribution in [0.1, 0.15) is 5.56 Å². The van der Waals surface area contributed by atoms with Gasteiger partial charge in [-0.3, -0.25) is 0 Å². The van der Waals surface area contributed by atoms with Crippen molar-refractivity contribution in [3.8, 4) is 5.75 Å². The van der Waals surface area contributed by atoms with Gasteiger partial charge in [0.1, 0.15) is 11.6 Å². The lowest BCUT2D eigenvalue weighted by Gasteiger charge is -2.11. The van der Waals surface area contributed by atoms with E-state index in [4.69, 9.17) is 39.9 Å². The van der Waals surface area contributed by atoms with Crippen molar-refractivity contribution in [1.82, 2.24) is 0 Å². The number of hydrogen-bond acceptors (Lipinski definition) is 1. The van der Waals surface area contributed by atoms with Crippen molar-refractivity contribution in [2.45, 2.75) is 3.79 Å². The smallest absolute Gasteiger partial charge is 0.218 e. The van der Waals surface area contributed by atoms with Gasteiger partial charge >= 0.3 is 0 Å². The second kappa shape index (κ2) is 3.29. The Bertz CT molecular complexity index is 295. The minimum atomic E-state index is -1.84. The van der Waals surface area contributed by atoms with E-state index in [2.05, 4.69) is 0 Å². The van der Waals surface area contributed by atoms with Gasteiger partial charge in [-0.2, -0.15) is 0 Å². The van der Waals surface area contributed by atoms with E-state index in [0.717, 1.165) is 12.1 Å². The SMILES string of the molecule is Oc1ccc(F)c(C(Cl)(Cl)Cl)c1. The van der Waals surface area contributed by atoms with Crippen LogP contribution in [0.2, 0.25) is 0 Å². The summed E-state index contributed by atoms with van der Waals surface area (Å²) in [6, 6.07) is 3.28. The Morgan fingerprint density at radius 1 is 1.25 bits per heavy atom. The first-order valence-corrected chi connectivity index (χ1v) is 4.10. The summed E-state index contributed by atoms with van der Waals surface area (Å²) in [4.78, 5) is 0. The number of halogens is 4. The average molecular weight is 229 g/mol. The van der Waals surface area contributed by atoms with Crippen molar-refractivity contribution in [3.05, 3.63) is 29.6 Å². The number of aromatic hydroxyl groups is 1. The van der Waals surface area contributed by atoms with Gasteiger partial charge in [-0.15, -0.1) is 0 Å². The lowest BCUT2D eigenvalue weighted by atomic mass is 10.2. The van der Waals surface area contributed by atoms with Crippen molar-refractivity contribution in [1.29, 1.82) is 0 Å². The Morgan fingerprint density at radius 3 is 2.25 bits per heavy atom. The molecule has 0 unspecified atom stereocenters. The lowest BCUT2D eigenvalue weighted by molar-refractivity contribution is 0.471. The summed E-state index contributed by atoms with van der Waals surface area (Å²) in [5, 5.41) is 8.96. The standard InChI is InChI=1S/C7H4Cl3FO/c8-7(9,10)5-3-4(12)1-2-6(5)11/h1-3,12H. The van der Waals surface area contributed by atoms with Gasteiger partial charge in [-0.25, -0.2) is 4.39 Å². The molecule has 1 aromatic carbocycles. The van der Waals surface area contributed by atoms with Crippen LogP contribution < -0.4 is 0 Å². The molecule has 0 aliphatic carbocycles. The van der Waals surface area contributed by atoms with Gasteiger partial charge in [0.15, 0.2) is 0 Å². The molecule has 1 aromatic rings. The van der Waals surface area contributed by atoms with Crippen LogP contribution in [0, 0.1) is 5.82 Å². The zero-order chi connectivity index (χ0) is 9.35. The van der Waals surface area contributed by atoms with Gasteiger partial charge in [-0.05, 0) is 18.2 Å². The summed E-state index contributed by atoms with van der Waals surface area (Å²) >= 11 is 16.2. The van der Waals surface area contributed by atoms with Crippen LogP contribution in [-0.2, 0) is 3.79 Å². The van der Waals surface area contributed by atoms with E-state index in [0.29, 0.717) is 0 Å². The second-order valence-corrected chi connectivity index (χ2v) is 4.44. The van der Waals surface area contributed by atoms with Crippen LogP contribution in [0.15, 0.2) is 18.2 Å². The van der Waals surface area contributed by atoms with Crippen molar-refractivity contribution in [2.24, 2.45) is 0 Å². The van der Waals surface area contributed by atoms with Crippen LogP contribution in [0.5, 0.6) is 5.75 Å². The van der Waals surface area contributed by atoms with Crippen molar-refractivity contribution < 1.29 is 9.50 Å². The van der Waals surface area contributed by atoms with Gasteiger partial charge in [-0.1, -0.05) is 34.8 Å². The van der Waals surface area contributed by atoms with Crippen molar-refractivity contribution in [2.75, 3.05) is 0 Å². The van der Waals surface area contributed by atoms with E-state index in [9.17, 15) is 4.39 Å². The Labute approximate surface area is 83.7 Å². The largest absolute Gasteiger partial charge is 0.508 e. The van der Waals surface area contributed by atoms with E-state index in [1.165, 1.54) is 6.07 Å². The molecule has 0 aliphatic heterocycles. The van der Waals surface area contributed by atoms with E-state index >= 15 is 0 Å². The maximum absolute atomic E-state index is 12.9. The minimum Gasteiger partial charge on any atom is -0.508 e. The molecule has 0 bridgehead atoms. The number of benzene rings is 1. The number of rotatable bonds is 0. The molecule has 0 spiro atoms. The highest BCUT2D eigenvalue weighted by atomic mass is 35.6. The molecule has 0 fully saturated rings. The van der Waals surface area contributed by atoms with Crippen molar-refractivity contribution in [3.63, 3.8) is 0 Å². The fourth-order valence-electron chi connectivity index (χ4n) is 0.730. The van der Waals surface area contributed by atoms with Crippen LogP contribution in [0.3, 0.4) is 0 Å². The molecule has 0 saturated carbocycles. The monoisotopic (exact) mass is 228 g/mol. The molecule has 1 rings (SSSR count). The summed E-state index contributed by atoms with van der Waals surface area (Å²) in [5.74, 6) is -0.800. The Hall–Kier alpha value is -0.180. The van der Waals surface area contributed by atoms with Crippen LogP contribution in [0.4, 0.5) is 4.39 Å². The van der Waals surface area contributed by atoms with Gasteiger partial charge < -0.3 is 5.11 Å². The number of hydrogen-bond donors (Lipinski definition) is 1. The van der Waals surface area contributed by atoms with E-state index in [-0.39, 0.29) is 11.3 Å². The van der Waals surface area contributed by atoms with E-state index < -0.39 is 9.61 Å². The summed E-state index contributed by atoms with van der Waals surface area (Å²) < 4.78 is 11.1. The highest BCUT2D eigenvalue weighted by Gasteiger charge is 2.26. The molecular formula is C7H4Cl3FO. The summed E-state index contributed by atoms with van der Waals surface area (Å²) in [5.41, 5.74) is -0.160. The molecule has 0 aromatic heterocycles. The number of alkyl halides is 3. The molecule has 0 saturated heterocycles. The summed E-state index contributed by atoms with van der Waals surface area (Å²) in [7, 11) is 0. The molecule has 0 amide bonds. The van der Waals surface area contributed by atoms with Crippen LogP contribution in [-0.4, -0.2) is 5.11 Å². The first kappa shape index (κ1) is 9.90. The Kier molecular flexibility index (Phi) is 2.71. The van der Waals surface area contributed by atoms with E-state index in [1.807, 2.05) is 0 Å². The molecule has 0 aliphatic rings. The van der Waals surface area contributed by atoms with Gasteiger partial charge in [0.2, 0.25) is 3.79 Å². The fraction of sp³-hybridized carbons (Fsp3) is 0.143. The molecule has 12 heavy (non-hydrogen) atoms. The van der Waals surface area contributed by atoms with Gasteiger partial charge in [0.25, 0.3) is 0 Å². The molecule has 0 radical (unpaired) electrons. The number of phenols is 1. The molecule has 0 atom stereocenters. The molecular weight excluding hydrogens is 225 g/mol. The first-order valence-electron chi connectivity index (χ1n) is 2.97. The summed E-state index contributed by atoms with van der Waals surface area (Å²) in [6.07, 6.45) is 0. The fourth-order valence-corrected chi connectivity index (χ4v) is 1.16. The maximum atomic E-state index is 12.9. The lowest BCUT2D eigenvalue weighted by Crippen LogP contribution is -2.02. The molecule has 5 heteroatoms. The average Bonchev–Trinajstić information content (AvgIpc) is 1.92. The van der Waals surface area contributed by atoms with Crippen LogP contribution >= 0.6 is 34.8 Å². The highest BCUT2D eigenvalue weighted by Crippen LogP contribution is 2.40. The predicted octanol–water partition coefficient (Wildman–Crippen LogP) is 3.36. The normalized spacial score (nSPS) is 11.7. The third-order valence-electron chi connectivity index (χ3n) is 1.26. The number of phenolic OH excluding ortho intramolecular Hbond substituents is 1. The molecule has 1 N–H and O–H groups in total. The third-order valence-corrected chi connectivity index (χ3v) is 1.87. The van der Waals surface area contributed by atoms with Crippen LogP contribution in [0.25, 0.3) is 0 Å². The first-order chi connectivity index (χ1) is 5.41. The predicted molar refractivity (Wildman–Crippen MR) is 47.3 cm³/mol. The second-order valence-electron chi connectivity index (χ2n) is 2.16. The zero-order valence-electron chi connectivity index (χ0n) is 5.69. The van der Waals surface area contributed by atoms with E-state index in [1.54, 1.807) is 0 Å². The maximum Gasteiger partial charge on any atom is 0.218 e. The quantitative estimate of drug-likeness (QED) is 0.676. The third kappa shape index (κ3) is 2.16. The van der Waals surface area contributed by atoms with Crippen molar-refractivity contribution >= 4 is 34.8 Å². The Balaban J connectivity index is 3.23. The Morgan fingerprint density at radius 2 is 1.83 bits per heavy atom. The topological polar surface area (TPSA) is 20.2 Å². The van der Waals surface area contributed by atoms with Gasteiger partial charge in [0, 0.05) is 5.56 Å². The minimum absolute atomic E-state index is 0.141. The molecule has 66 valence electrons.